The molecule has 5 nitrogen and oxygen atoms in total. The number of carboxylic acid groups (broad SMARTS) is 1. The van der Waals surface area contributed by atoms with Crippen molar-refractivity contribution in [1.82, 2.24) is 0 Å². The zero-order chi connectivity index (χ0) is 20.7. The summed E-state index contributed by atoms with van der Waals surface area (Å²) in [6.45, 7) is 6.82. The maximum atomic E-state index is 14.0. The zero-order valence-corrected chi connectivity index (χ0v) is 17.3. The largest absolute Gasteiger partial charge is 0.478 e. The molecule has 4 rings (SSSR count). The highest BCUT2D eigenvalue weighted by atomic mass is 19.1. The fourth-order valence-electron chi connectivity index (χ4n) is 5.64. The SMILES string of the molecule is CC1CC[C@@H]2C3[C@@H](O1)O[C@H](OCc1ccc(C(=O)O)c(F)c1)[C@H](C)[C@@H]3CC[C@H]2C. The van der Waals surface area contributed by atoms with Crippen LogP contribution in [0, 0.1) is 35.4 Å². The predicted octanol–water partition coefficient (Wildman–Crippen LogP) is 4.84. The van der Waals surface area contributed by atoms with Gasteiger partial charge in [-0.15, -0.1) is 0 Å². The topological polar surface area (TPSA) is 65.0 Å². The molecule has 0 amide bonds. The maximum Gasteiger partial charge on any atom is 0.338 e. The number of rotatable bonds is 4. The van der Waals surface area contributed by atoms with E-state index in [9.17, 15) is 9.18 Å². The van der Waals surface area contributed by atoms with Crippen molar-refractivity contribution in [2.24, 2.45) is 29.6 Å². The molecule has 2 unspecified atom stereocenters. The van der Waals surface area contributed by atoms with Gasteiger partial charge in [-0.25, -0.2) is 9.18 Å². The Bertz CT molecular complexity index is 753. The molecule has 1 saturated carbocycles. The van der Waals surface area contributed by atoms with Gasteiger partial charge >= 0.3 is 5.97 Å². The van der Waals surface area contributed by atoms with Gasteiger partial charge in [-0.1, -0.05) is 26.3 Å². The standard InChI is InChI=1S/C23H31FO5/c1-12-4-7-17-14(3)22(29-23-20(17)16(12)8-5-13(2)28-23)27-11-15-6-9-18(21(25)26)19(24)10-15/h6,9-10,12-14,16-17,20,22-23H,4-5,7-8,11H2,1-3H3,(H,25,26)/t12-,13?,14-,16+,17+,20?,22+,23+/m1/s1. The maximum absolute atomic E-state index is 14.0. The van der Waals surface area contributed by atoms with Gasteiger partial charge in [0.2, 0.25) is 0 Å². The Morgan fingerprint density at radius 2 is 1.90 bits per heavy atom. The molecule has 8 atom stereocenters. The van der Waals surface area contributed by atoms with Crippen LogP contribution >= 0.6 is 0 Å². The molecular formula is C23H31FO5. The van der Waals surface area contributed by atoms with Crippen LogP contribution in [0.15, 0.2) is 18.2 Å². The fraction of sp³-hybridized carbons (Fsp3) is 0.696. The van der Waals surface area contributed by atoms with Crippen molar-refractivity contribution in [3.63, 3.8) is 0 Å². The highest BCUT2D eigenvalue weighted by Gasteiger charge is 2.52. The Kier molecular flexibility index (Phi) is 5.96. The van der Waals surface area contributed by atoms with Gasteiger partial charge in [0.25, 0.3) is 0 Å². The first-order valence-electron chi connectivity index (χ1n) is 10.8. The third-order valence-electron chi connectivity index (χ3n) is 7.31. The Hall–Kier alpha value is -1.50. The van der Waals surface area contributed by atoms with Gasteiger partial charge in [0.05, 0.1) is 18.3 Å². The normalized spacial score (nSPS) is 39.4. The van der Waals surface area contributed by atoms with E-state index in [2.05, 4.69) is 20.8 Å². The van der Waals surface area contributed by atoms with Gasteiger partial charge in [0.1, 0.15) is 5.82 Å². The second-order valence-corrected chi connectivity index (χ2v) is 9.15. The number of benzene rings is 1. The molecular weight excluding hydrogens is 375 g/mol. The van der Waals surface area contributed by atoms with Gasteiger partial charge in [-0.2, -0.15) is 0 Å². The van der Waals surface area contributed by atoms with Crippen molar-refractivity contribution in [3.05, 3.63) is 35.1 Å². The molecule has 0 radical (unpaired) electrons. The first-order valence-corrected chi connectivity index (χ1v) is 10.8. The smallest absolute Gasteiger partial charge is 0.338 e. The summed E-state index contributed by atoms with van der Waals surface area (Å²) in [6, 6.07) is 4.09. The third kappa shape index (κ3) is 4.07. The van der Waals surface area contributed by atoms with Crippen molar-refractivity contribution in [2.45, 2.75) is 71.7 Å². The van der Waals surface area contributed by atoms with Crippen LogP contribution in [0.2, 0.25) is 0 Å². The van der Waals surface area contributed by atoms with E-state index < -0.39 is 18.1 Å². The molecule has 6 heteroatoms. The average molecular weight is 406 g/mol. The van der Waals surface area contributed by atoms with Gasteiger partial charge in [0.15, 0.2) is 12.6 Å². The van der Waals surface area contributed by atoms with Crippen LogP contribution in [0.4, 0.5) is 4.39 Å². The van der Waals surface area contributed by atoms with Crippen molar-refractivity contribution >= 4 is 5.97 Å². The van der Waals surface area contributed by atoms with Crippen LogP contribution in [0.3, 0.4) is 0 Å². The first-order chi connectivity index (χ1) is 13.8. The number of halogens is 1. The minimum atomic E-state index is -1.27. The predicted molar refractivity (Wildman–Crippen MR) is 105 cm³/mol. The van der Waals surface area contributed by atoms with Crippen molar-refractivity contribution in [1.29, 1.82) is 0 Å². The van der Waals surface area contributed by atoms with E-state index >= 15 is 0 Å². The Morgan fingerprint density at radius 3 is 2.62 bits per heavy atom. The molecule has 2 saturated heterocycles. The van der Waals surface area contributed by atoms with Crippen LogP contribution in [-0.4, -0.2) is 29.8 Å². The van der Waals surface area contributed by atoms with Crippen molar-refractivity contribution in [3.8, 4) is 0 Å². The molecule has 3 fully saturated rings. The zero-order valence-electron chi connectivity index (χ0n) is 17.3. The highest BCUT2D eigenvalue weighted by molar-refractivity contribution is 5.87. The molecule has 2 heterocycles. The fourth-order valence-corrected chi connectivity index (χ4v) is 5.64. The average Bonchev–Trinajstić information content (AvgIpc) is 2.84. The van der Waals surface area contributed by atoms with Crippen molar-refractivity contribution < 1.29 is 28.5 Å². The van der Waals surface area contributed by atoms with Crippen LogP contribution < -0.4 is 0 Å². The molecule has 1 aliphatic carbocycles. The molecule has 3 aliphatic rings. The minimum Gasteiger partial charge on any atom is -0.478 e. The summed E-state index contributed by atoms with van der Waals surface area (Å²) in [5, 5.41) is 8.98. The van der Waals surface area contributed by atoms with Gasteiger partial charge < -0.3 is 19.3 Å². The minimum absolute atomic E-state index is 0.171. The molecule has 0 aromatic heterocycles. The summed E-state index contributed by atoms with van der Waals surface area (Å²) >= 11 is 0. The lowest BCUT2D eigenvalue weighted by Crippen LogP contribution is -2.53. The summed E-state index contributed by atoms with van der Waals surface area (Å²) in [7, 11) is 0. The Labute approximate surface area is 171 Å². The van der Waals surface area contributed by atoms with Crippen LogP contribution in [0.5, 0.6) is 0 Å². The van der Waals surface area contributed by atoms with E-state index in [0.717, 1.165) is 12.8 Å². The van der Waals surface area contributed by atoms with E-state index in [1.165, 1.54) is 25.0 Å². The number of carbonyl (C=O) groups is 1. The molecule has 0 bridgehead atoms. The van der Waals surface area contributed by atoms with Gasteiger partial charge in [-0.05, 0) is 61.6 Å². The van der Waals surface area contributed by atoms with Crippen LogP contribution in [-0.2, 0) is 20.8 Å². The van der Waals surface area contributed by atoms with E-state index in [-0.39, 0.29) is 30.5 Å². The Balaban J connectivity index is 1.48. The molecule has 0 spiro atoms. The van der Waals surface area contributed by atoms with Gasteiger partial charge in [0, 0.05) is 11.8 Å². The summed E-state index contributed by atoms with van der Waals surface area (Å²) in [4.78, 5) is 11.0. The van der Waals surface area contributed by atoms with Gasteiger partial charge in [-0.3, -0.25) is 0 Å². The molecule has 160 valence electrons. The second-order valence-electron chi connectivity index (χ2n) is 9.15. The third-order valence-corrected chi connectivity index (χ3v) is 7.31. The number of hydrogen-bond acceptors (Lipinski definition) is 4. The number of hydrogen-bond donors (Lipinski definition) is 1. The van der Waals surface area contributed by atoms with Crippen LogP contribution in [0.25, 0.3) is 0 Å². The lowest BCUT2D eigenvalue weighted by atomic mass is 9.61. The number of ether oxygens (including phenoxy) is 3. The monoisotopic (exact) mass is 406 g/mol. The summed E-state index contributed by atoms with van der Waals surface area (Å²) in [5.74, 6) is 0.433. The van der Waals surface area contributed by atoms with E-state index in [0.29, 0.717) is 29.2 Å². The van der Waals surface area contributed by atoms with Crippen molar-refractivity contribution in [2.75, 3.05) is 0 Å². The van der Waals surface area contributed by atoms with E-state index in [1.54, 1.807) is 6.07 Å². The first kappa shape index (κ1) is 20.8. The summed E-state index contributed by atoms with van der Waals surface area (Å²) < 4.78 is 32.6. The quantitative estimate of drug-likeness (QED) is 0.775. The molecule has 1 N–H and O–H groups in total. The van der Waals surface area contributed by atoms with E-state index in [4.69, 9.17) is 19.3 Å². The van der Waals surface area contributed by atoms with E-state index in [1.807, 2.05) is 0 Å². The number of carboxylic acids is 1. The Morgan fingerprint density at radius 1 is 1.14 bits per heavy atom. The molecule has 29 heavy (non-hydrogen) atoms. The van der Waals surface area contributed by atoms with Crippen LogP contribution in [0.1, 0.15) is 62.4 Å². The lowest BCUT2D eigenvalue weighted by molar-refractivity contribution is -0.336. The molecule has 2 aliphatic heterocycles. The highest BCUT2D eigenvalue weighted by Crippen LogP contribution is 2.52. The summed E-state index contributed by atoms with van der Waals surface area (Å²) in [5.41, 5.74) is 0.262. The lowest BCUT2D eigenvalue weighted by Gasteiger charge is -2.51. The molecule has 1 aromatic rings. The number of aromatic carboxylic acids is 1. The second kappa shape index (κ2) is 8.32. The molecule has 1 aromatic carbocycles. The summed E-state index contributed by atoms with van der Waals surface area (Å²) in [6.07, 6.45) is 4.14.